The third-order valence-corrected chi connectivity index (χ3v) is 3.93. The number of nitrogens with zero attached hydrogens (tertiary/aromatic N) is 1. The summed E-state index contributed by atoms with van der Waals surface area (Å²) >= 11 is 0. The molecule has 0 spiro atoms. The molecule has 2 aliphatic rings. The number of hydrogen-bond donors (Lipinski definition) is 1. The molecule has 0 aromatic heterocycles. The second kappa shape index (κ2) is 5.13. The highest BCUT2D eigenvalue weighted by Gasteiger charge is 2.23. The Kier molecular flexibility index (Phi) is 3.82. The lowest BCUT2D eigenvalue weighted by molar-refractivity contribution is 0.155. The maximum Gasteiger partial charge on any atom is 0.00218 e. The van der Waals surface area contributed by atoms with Gasteiger partial charge in [0.05, 0.1) is 0 Å². The van der Waals surface area contributed by atoms with E-state index in [1.165, 1.54) is 58.2 Å². The summed E-state index contributed by atoms with van der Waals surface area (Å²) in [5.41, 5.74) is 5.75. The lowest BCUT2D eigenvalue weighted by Crippen LogP contribution is -2.40. The molecule has 1 saturated carbocycles. The van der Waals surface area contributed by atoms with Gasteiger partial charge in [-0.15, -0.1) is 0 Å². The van der Waals surface area contributed by atoms with Crippen LogP contribution in [0.25, 0.3) is 0 Å². The van der Waals surface area contributed by atoms with E-state index in [1.54, 1.807) is 0 Å². The van der Waals surface area contributed by atoms with E-state index in [0.717, 1.165) is 18.4 Å². The molecule has 2 nitrogen and oxygen atoms in total. The van der Waals surface area contributed by atoms with Gasteiger partial charge in [-0.05, 0) is 50.6 Å². The van der Waals surface area contributed by atoms with Crippen molar-refractivity contribution in [3.63, 3.8) is 0 Å². The lowest BCUT2D eigenvalue weighted by Gasteiger charge is -2.33. The van der Waals surface area contributed by atoms with Crippen molar-refractivity contribution in [1.82, 2.24) is 4.90 Å². The summed E-state index contributed by atoms with van der Waals surface area (Å²) in [6.45, 7) is 4.84. The average Bonchev–Trinajstić information content (AvgIpc) is 2.71. The molecule has 1 heterocycles. The van der Waals surface area contributed by atoms with Crippen LogP contribution in [-0.4, -0.2) is 31.1 Å². The van der Waals surface area contributed by atoms with Crippen molar-refractivity contribution in [2.45, 2.75) is 38.5 Å². The highest BCUT2D eigenvalue weighted by molar-refractivity contribution is 4.77. The third kappa shape index (κ3) is 2.71. The van der Waals surface area contributed by atoms with E-state index in [2.05, 4.69) is 4.90 Å². The van der Waals surface area contributed by atoms with E-state index in [0.29, 0.717) is 0 Å². The monoisotopic (exact) mass is 196 g/mol. The van der Waals surface area contributed by atoms with Gasteiger partial charge < -0.3 is 10.6 Å². The van der Waals surface area contributed by atoms with Crippen molar-refractivity contribution in [3.05, 3.63) is 0 Å². The molecule has 0 amide bonds. The van der Waals surface area contributed by atoms with Gasteiger partial charge in [-0.3, -0.25) is 0 Å². The Balaban J connectivity index is 1.73. The van der Waals surface area contributed by atoms with Crippen molar-refractivity contribution >= 4 is 0 Å². The summed E-state index contributed by atoms with van der Waals surface area (Å²) < 4.78 is 0. The first kappa shape index (κ1) is 10.4. The first-order chi connectivity index (χ1) is 6.88. The zero-order valence-electron chi connectivity index (χ0n) is 9.25. The lowest BCUT2D eigenvalue weighted by atomic mass is 9.97. The van der Waals surface area contributed by atoms with Gasteiger partial charge in [0.2, 0.25) is 0 Å². The molecule has 2 fully saturated rings. The molecule has 0 aromatic rings. The SMILES string of the molecule is NCC1CCCN(CC2CCCC2)C1. The van der Waals surface area contributed by atoms with E-state index < -0.39 is 0 Å². The Morgan fingerprint density at radius 2 is 1.71 bits per heavy atom. The van der Waals surface area contributed by atoms with E-state index in [1.807, 2.05) is 0 Å². The van der Waals surface area contributed by atoms with E-state index in [4.69, 9.17) is 5.73 Å². The molecule has 0 radical (unpaired) electrons. The second-order valence-electron chi connectivity index (χ2n) is 5.15. The van der Waals surface area contributed by atoms with Gasteiger partial charge in [-0.1, -0.05) is 12.8 Å². The van der Waals surface area contributed by atoms with E-state index >= 15 is 0 Å². The van der Waals surface area contributed by atoms with Crippen LogP contribution in [0.15, 0.2) is 0 Å². The molecule has 14 heavy (non-hydrogen) atoms. The molecular formula is C12H24N2. The molecule has 1 aliphatic carbocycles. The molecule has 1 unspecified atom stereocenters. The Bertz CT molecular complexity index is 164. The average molecular weight is 196 g/mol. The first-order valence-corrected chi connectivity index (χ1v) is 6.31. The summed E-state index contributed by atoms with van der Waals surface area (Å²) in [4.78, 5) is 2.66. The van der Waals surface area contributed by atoms with Gasteiger partial charge in [0.1, 0.15) is 0 Å². The van der Waals surface area contributed by atoms with Gasteiger partial charge in [0.15, 0.2) is 0 Å². The quantitative estimate of drug-likeness (QED) is 0.746. The van der Waals surface area contributed by atoms with Crippen LogP contribution in [-0.2, 0) is 0 Å². The normalized spacial score (nSPS) is 31.1. The molecule has 0 aromatic carbocycles. The van der Waals surface area contributed by atoms with Crippen LogP contribution in [0.1, 0.15) is 38.5 Å². The predicted molar refractivity (Wildman–Crippen MR) is 60.2 cm³/mol. The summed E-state index contributed by atoms with van der Waals surface area (Å²) in [6.07, 6.45) is 8.62. The molecule has 82 valence electrons. The largest absolute Gasteiger partial charge is 0.330 e. The maximum atomic E-state index is 5.75. The summed E-state index contributed by atoms with van der Waals surface area (Å²) in [7, 11) is 0. The highest BCUT2D eigenvalue weighted by atomic mass is 15.1. The summed E-state index contributed by atoms with van der Waals surface area (Å²) in [5.74, 6) is 1.79. The molecule has 1 atom stereocenters. The fourth-order valence-corrected chi connectivity index (χ4v) is 3.07. The van der Waals surface area contributed by atoms with Crippen LogP contribution in [0.3, 0.4) is 0 Å². The topological polar surface area (TPSA) is 29.3 Å². The van der Waals surface area contributed by atoms with Crippen molar-refractivity contribution < 1.29 is 0 Å². The van der Waals surface area contributed by atoms with Crippen LogP contribution in [0, 0.1) is 11.8 Å². The highest BCUT2D eigenvalue weighted by Crippen LogP contribution is 2.27. The van der Waals surface area contributed by atoms with Gasteiger partial charge >= 0.3 is 0 Å². The number of rotatable bonds is 3. The van der Waals surface area contributed by atoms with Crippen molar-refractivity contribution in [2.75, 3.05) is 26.2 Å². The third-order valence-electron chi connectivity index (χ3n) is 3.93. The van der Waals surface area contributed by atoms with Crippen molar-refractivity contribution in [2.24, 2.45) is 17.6 Å². The zero-order valence-corrected chi connectivity index (χ0v) is 9.25. The molecule has 1 aliphatic heterocycles. The Morgan fingerprint density at radius 3 is 2.43 bits per heavy atom. The fourth-order valence-electron chi connectivity index (χ4n) is 3.07. The van der Waals surface area contributed by atoms with Crippen LogP contribution in [0.2, 0.25) is 0 Å². The van der Waals surface area contributed by atoms with Crippen molar-refractivity contribution in [1.29, 1.82) is 0 Å². The number of hydrogen-bond acceptors (Lipinski definition) is 2. The maximum absolute atomic E-state index is 5.75. The second-order valence-corrected chi connectivity index (χ2v) is 5.15. The molecular weight excluding hydrogens is 172 g/mol. The fraction of sp³-hybridized carbons (Fsp3) is 1.00. The van der Waals surface area contributed by atoms with E-state index in [-0.39, 0.29) is 0 Å². The summed E-state index contributed by atoms with van der Waals surface area (Å²) in [5, 5.41) is 0. The van der Waals surface area contributed by atoms with Crippen LogP contribution >= 0.6 is 0 Å². The smallest absolute Gasteiger partial charge is 0.00218 e. The minimum absolute atomic E-state index is 0.783. The van der Waals surface area contributed by atoms with Crippen LogP contribution in [0.4, 0.5) is 0 Å². The van der Waals surface area contributed by atoms with Crippen LogP contribution < -0.4 is 5.73 Å². The zero-order chi connectivity index (χ0) is 9.80. The first-order valence-electron chi connectivity index (χ1n) is 6.31. The van der Waals surface area contributed by atoms with Gasteiger partial charge in [0.25, 0.3) is 0 Å². The molecule has 2 N–H and O–H groups in total. The van der Waals surface area contributed by atoms with Crippen molar-refractivity contribution in [3.8, 4) is 0 Å². The number of nitrogens with two attached hydrogens (primary N) is 1. The standard InChI is InChI=1S/C12H24N2/c13-8-12-6-3-7-14(10-12)9-11-4-1-2-5-11/h11-12H,1-10,13H2. The minimum atomic E-state index is 0.783. The van der Waals surface area contributed by atoms with Gasteiger partial charge in [-0.2, -0.15) is 0 Å². The molecule has 2 heteroatoms. The number of likely N-dealkylation sites (tertiary alicyclic amines) is 1. The predicted octanol–water partition coefficient (Wildman–Crippen LogP) is 1.85. The Hall–Kier alpha value is -0.0800. The molecule has 0 bridgehead atoms. The number of piperidine rings is 1. The summed E-state index contributed by atoms with van der Waals surface area (Å²) in [6, 6.07) is 0. The molecule has 1 saturated heterocycles. The Morgan fingerprint density at radius 1 is 1.00 bits per heavy atom. The Labute approximate surface area is 87.8 Å². The van der Waals surface area contributed by atoms with Gasteiger partial charge in [0, 0.05) is 13.1 Å². The molecule has 2 rings (SSSR count). The van der Waals surface area contributed by atoms with E-state index in [9.17, 15) is 0 Å². The van der Waals surface area contributed by atoms with Crippen LogP contribution in [0.5, 0.6) is 0 Å². The van der Waals surface area contributed by atoms with Gasteiger partial charge in [-0.25, -0.2) is 0 Å². The minimum Gasteiger partial charge on any atom is -0.330 e.